The van der Waals surface area contributed by atoms with Gasteiger partial charge in [-0.25, -0.2) is 4.79 Å². The summed E-state index contributed by atoms with van der Waals surface area (Å²) in [5.41, 5.74) is 1.49. The number of nitrogens with one attached hydrogen (secondary N) is 1. The molecule has 0 saturated carbocycles. The lowest BCUT2D eigenvalue weighted by molar-refractivity contribution is -0.129. The fourth-order valence-corrected chi connectivity index (χ4v) is 3.08. The Bertz CT molecular complexity index is 989. The summed E-state index contributed by atoms with van der Waals surface area (Å²) in [6.07, 6.45) is 0.738. The molecule has 0 aliphatic carbocycles. The highest BCUT2D eigenvalue weighted by atomic mass is 16.5. The maximum atomic E-state index is 12.7. The number of benzene rings is 3. The minimum Gasteiger partial charge on any atom is -0.456 e. The Morgan fingerprint density at radius 2 is 1.45 bits per heavy atom. The molecule has 3 aromatic carbocycles. The van der Waals surface area contributed by atoms with Gasteiger partial charge in [0, 0.05) is 6.04 Å². The zero-order valence-corrected chi connectivity index (χ0v) is 17.8. The predicted octanol–water partition coefficient (Wildman–Crippen LogP) is 5.16. The van der Waals surface area contributed by atoms with Gasteiger partial charge in [0.15, 0.2) is 6.10 Å². The van der Waals surface area contributed by atoms with Crippen molar-refractivity contribution < 1.29 is 19.1 Å². The molecule has 2 atom stereocenters. The summed E-state index contributed by atoms with van der Waals surface area (Å²) in [7, 11) is 0. The first kappa shape index (κ1) is 22.1. The average molecular weight is 418 g/mol. The first-order valence-electron chi connectivity index (χ1n) is 10.4. The standard InChI is InChI=1S/C26H27NO4/c1-19(17-18-21-11-5-3-6-12-21)27-25(28)20(2)30-26(29)23-15-9-10-16-24(23)31-22-13-7-4-8-14-22/h3-16,19-20H,17-18H2,1-2H3,(H,27,28)/t19-,20+/m1/s1. The summed E-state index contributed by atoms with van der Waals surface area (Å²) in [4.78, 5) is 25.2. The van der Waals surface area contributed by atoms with Crippen molar-refractivity contribution in [3.05, 3.63) is 96.1 Å². The lowest BCUT2D eigenvalue weighted by atomic mass is 10.1. The molecule has 0 heterocycles. The van der Waals surface area contributed by atoms with Crippen molar-refractivity contribution in [3.63, 3.8) is 0 Å². The molecule has 1 amide bonds. The Morgan fingerprint density at radius 1 is 0.839 bits per heavy atom. The van der Waals surface area contributed by atoms with E-state index in [4.69, 9.17) is 9.47 Å². The van der Waals surface area contributed by atoms with E-state index in [-0.39, 0.29) is 17.5 Å². The summed E-state index contributed by atoms with van der Waals surface area (Å²) >= 11 is 0. The van der Waals surface area contributed by atoms with Gasteiger partial charge in [-0.1, -0.05) is 60.7 Å². The fraction of sp³-hybridized carbons (Fsp3) is 0.231. The second-order valence-electron chi connectivity index (χ2n) is 7.39. The van der Waals surface area contributed by atoms with Crippen LogP contribution in [0.5, 0.6) is 11.5 Å². The molecular formula is C26H27NO4. The van der Waals surface area contributed by atoms with Gasteiger partial charge < -0.3 is 14.8 Å². The van der Waals surface area contributed by atoms with Gasteiger partial charge >= 0.3 is 5.97 Å². The highest BCUT2D eigenvalue weighted by Crippen LogP contribution is 2.25. The van der Waals surface area contributed by atoms with Crippen molar-refractivity contribution in [2.75, 3.05) is 0 Å². The van der Waals surface area contributed by atoms with Crippen LogP contribution in [0, 0.1) is 0 Å². The molecule has 3 aromatic rings. The summed E-state index contributed by atoms with van der Waals surface area (Å²) in [6, 6.07) is 26.1. The maximum Gasteiger partial charge on any atom is 0.342 e. The van der Waals surface area contributed by atoms with Crippen LogP contribution in [0.15, 0.2) is 84.9 Å². The van der Waals surface area contributed by atoms with E-state index in [0.717, 1.165) is 12.8 Å². The fourth-order valence-electron chi connectivity index (χ4n) is 3.08. The first-order chi connectivity index (χ1) is 15.0. The molecule has 5 nitrogen and oxygen atoms in total. The van der Waals surface area contributed by atoms with Crippen LogP contribution in [0.1, 0.15) is 36.2 Å². The second kappa shape index (κ2) is 11.0. The smallest absolute Gasteiger partial charge is 0.342 e. The molecule has 0 aromatic heterocycles. The Balaban J connectivity index is 1.54. The molecule has 5 heteroatoms. The second-order valence-corrected chi connectivity index (χ2v) is 7.39. The van der Waals surface area contributed by atoms with Crippen molar-refractivity contribution in [3.8, 4) is 11.5 Å². The van der Waals surface area contributed by atoms with Gasteiger partial charge in [-0.3, -0.25) is 4.79 Å². The Kier molecular flexibility index (Phi) is 7.82. The van der Waals surface area contributed by atoms with Crippen LogP contribution in [0.25, 0.3) is 0 Å². The molecule has 0 unspecified atom stereocenters. The van der Waals surface area contributed by atoms with Gasteiger partial charge in [-0.2, -0.15) is 0 Å². The molecule has 0 saturated heterocycles. The monoisotopic (exact) mass is 417 g/mol. The van der Waals surface area contributed by atoms with E-state index in [2.05, 4.69) is 17.4 Å². The number of carbonyl (C=O) groups is 2. The van der Waals surface area contributed by atoms with Gasteiger partial charge in [0.1, 0.15) is 17.1 Å². The van der Waals surface area contributed by atoms with Gasteiger partial charge in [-0.05, 0) is 56.5 Å². The number of aryl methyl sites for hydroxylation is 1. The van der Waals surface area contributed by atoms with Crippen LogP contribution in [-0.4, -0.2) is 24.0 Å². The van der Waals surface area contributed by atoms with Crippen molar-refractivity contribution in [2.45, 2.75) is 38.8 Å². The number of esters is 1. The molecule has 0 fully saturated rings. The summed E-state index contributed by atoms with van der Waals surface area (Å²) in [6.45, 7) is 3.51. The van der Waals surface area contributed by atoms with Crippen LogP contribution in [-0.2, 0) is 16.0 Å². The SMILES string of the molecule is C[C@H](CCc1ccccc1)NC(=O)[C@H](C)OC(=O)c1ccccc1Oc1ccccc1. The van der Waals surface area contributed by atoms with E-state index in [1.165, 1.54) is 5.56 Å². The van der Waals surface area contributed by atoms with Crippen molar-refractivity contribution >= 4 is 11.9 Å². The van der Waals surface area contributed by atoms with E-state index >= 15 is 0 Å². The zero-order valence-electron chi connectivity index (χ0n) is 17.8. The third-order valence-electron chi connectivity index (χ3n) is 4.83. The average Bonchev–Trinajstić information content (AvgIpc) is 2.79. The molecule has 3 rings (SSSR count). The number of rotatable bonds is 9. The Morgan fingerprint density at radius 3 is 2.16 bits per heavy atom. The van der Waals surface area contributed by atoms with Gasteiger partial charge in [0.25, 0.3) is 5.91 Å². The number of amides is 1. The van der Waals surface area contributed by atoms with Crippen molar-refractivity contribution in [1.82, 2.24) is 5.32 Å². The maximum absolute atomic E-state index is 12.7. The van der Waals surface area contributed by atoms with Crippen LogP contribution in [0.3, 0.4) is 0 Å². The molecular weight excluding hydrogens is 390 g/mol. The molecule has 0 spiro atoms. The molecule has 1 N–H and O–H groups in total. The number of hydrogen-bond donors (Lipinski definition) is 1. The zero-order chi connectivity index (χ0) is 22.1. The number of hydrogen-bond acceptors (Lipinski definition) is 4. The molecule has 0 radical (unpaired) electrons. The van der Waals surface area contributed by atoms with Crippen LogP contribution >= 0.6 is 0 Å². The largest absolute Gasteiger partial charge is 0.456 e. The predicted molar refractivity (Wildman–Crippen MR) is 120 cm³/mol. The van der Waals surface area contributed by atoms with Crippen molar-refractivity contribution in [1.29, 1.82) is 0 Å². The third-order valence-corrected chi connectivity index (χ3v) is 4.83. The molecule has 160 valence electrons. The first-order valence-corrected chi connectivity index (χ1v) is 10.4. The quantitative estimate of drug-likeness (QED) is 0.488. The normalized spacial score (nSPS) is 12.5. The van der Waals surface area contributed by atoms with Crippen LogP contribution in [0.2, 0.25) is 0 Å². The minimum absolute atomic E-state index is 0.0393. The van der Waals surface area contributed by atoms with E-state index in [1.54, 1.807) is 43.3 Å². The van der Waals surface area contributed by atoms with E-state index < -0.39 is 12.1 Å². The molecule has 0 aliphatic heterocycles. The lowest BCUT2D eigenvalue weighted by Crippen LogP contribution is -2.41. The molecule has 31 heavy (non-hydrogen) atoms. The lowest BCUT2D eigenvalue weighted by Gasteiger charge is -2.18. The van der Waals surface area contributed by atoms with E-state index in [1.807, 2.05) is 43.3 Å². The summed E-state index contributed by atoms with van der Waals surface area (Å²) in [5.74, 6) is 0.0600. The van der Waals surface area contributed by atoms with E-state index in [0.29, 0.717) is 11.5 Å². The van der Waals surface area contributed by atoms with Crippen molar-refractivity contribution in [2.24, 2.45) is 0 Å². The number of ether oxygens (including phenoxy) is 2. The molecule has 0 bridgehead atoms. The van der Waals surface area contributed by atoms with Crippen LogP contribution in [0.4, 0.5) is 0 Å². The van der Waals surface area contributed by atoms with Crippen LogP contribution < -0.4 is 10.1 Å². The van der Waals surface area contributed by atoms with Gasteiger partial charge in [0.05, 0.1) is 0 Å². The summed E-state index contributed by atoms with van der Waals surface area (Å²) in [5, 5.41) is 2.91. The third kappa shape index (κ3) is 6.71. The van der Waals surface area contributed by atoms with Gasteiger partial charge in [-0.15, -0.1) is 0 Å². The summed E-state index contributed by atoms with van der Waals surface area (Å²) < 4.78 is 11.2. The number of para-hydroxylation sites is 2. The van der Waals surface area contributed by atoms with E-state index in [9.17, 15) is 9.59 Å². The van der Waals surface area contributed by atoms with Gasteiger partial charge in [0.2, 0.25) is 0 Å². The highest BCUT2D eigenvalue weighted by Gasteiger charge is 2.22. The minimum atomic E-state index is -0.920. The Hall–Kier alpha value is -3.60. The molecule has 0 aliphatic rings. The topological polar surface area (TPSA) is 64.6 Å². The highest BCUT2D eigenvalue weighted by molar-refractivity contribution is 5.94. The number of carbonyl (C=O) groups excluding carboxylic acids is 2. The Labute approximate surface area is 183 Å².